The third-order valence-corrected chi connectivity index (χ3v) is 2.10. The Hall–Kier alpha value is -1.26. The predicted octanol–water partition coefficient (Wildman–Crippen LogP) is 1.41. The number of aromatic nitrogens is 1. The number of hydrogen-bond donors (Lipinski definition) is 2. The molecule has 0 aliphatic carbocycles. The van der Waals surface area contributed by atoms with Gasteiger partial charge in [0.05, 0.1) is 11.5 Å². The van der Waals surface area contributed by atoms with Crippen molar-refractivity contribution in [1.29, 1.82) is 0 Å². The van der Waals surface area contributed by atoms with Crippen LogP contribution in [0.5, 0.6) is 0 Å². The summed E-state index contributed by atoms with van der Waals surface area (Å²) in [5.74, 6) is -0.428. The largest absolute Gasteiger partial charge is 0.417 e. The molecular formula is C9H9ClN2O2. The molecule has 0 radical (unpaired) electrons. The number of alkyl halides is 1. The van der Waals surface area contributed by atoms with Crippen LogP contribution in [-0.2, 0) is 6.54 Å². The summed E-state index contributed by atoms with van der Waals surface area (Å²) in [4.78, 5) is 13.4. The van der Waals surface area contributed by atoms with Crippen molar-refractivity contribution in [3.63, 3.8) is 0 Å². The second-order valence-electron chi connectivity index (χ2n) is 2.91. The van der Waals surface area contributed by atoms with Crippen molar-refractivity contribution in [1.82, 2.24) is 10.3 Å². The fourth-order valence-corrected chi connectivity index (χ4v) is 1.40. The van der Waals surface area contributed by atoms with Crippen molar-refractivity contribution in [2.45, 2.75) is 6.54 Å². The Balaban J connectivity index is 2.35. The van der Waals surface area contributed by atoms with Gasteiger partial charge in [-0.05, 0) is 17.7 Å². The number of nitrogens with one attached hydrogen (secondary N) is 2. The fraction of sp³-hybridized carbons (Fsp3) is 0.222. The molecule has 0 saturated heterocycles. The molecule has 1 aromatic carbocycles. The summed E-state index contributed by atoms with van der Waals surface area (Å²) in [5.41, 5.74) is 2.34. The monoisotopic (exact) mass is 212 g/mol. The van der Waals surface area contributed by atoms with Crippen LogP contribution in [0.1, 0.15) is 5.56 Å². The molecule has 2 rings (SSSR count). The highest BCUT2D eigenvalue weighted by Crippen LogP contribution is 2.11. The Kier molecular flexibility index (Phi) is 2.56. The molecule has 0 fully saturated rings. The van der Waals surface area contributed by atoms with Gasteiger partial charge in [-0.25, -0.2) is 4.79 Å². The van der Waals surface area contributed by atoms with Gasteiger partial charge >= 0.3 is 5.76 Å². The minimum Gasteiger partial charge on any atom is -0.408 e. The average molecular weight is 213 g/mol. The summed E-state index contributed by atoms with van der Waals surface area (Å²) in [6.45, 7) is 0.673. The van der Waals surface area contributed by atoms with Gasteiger partial charge in [-0.3, -0.25) is 10.3 Å². The number of benzene rings is 1. The molecule has 0 spiro atoms. The first-order valence-electron chi connectivity index (χ1n) is 4.18. The van der Waals surface area contributed by atoms with E-state index in [1.165, 1.54) is 0 Å². The van der Waals surface area contributed by atoms with E-state index in [1.807, 2.05) is 12.1 Å². The van der Waals surface area contributed by atoms with Gasteiger partial charge < -0.3 is 4.42 Å². The highest BCUT2D eigenvalue weighted by atomic mass is 35.5. The maximum Gasteiger partial charge on any atom is 0.417 e. The highest BCUT2D eigenvalue weighted by Gasteiger charge is 2.01. The minimum absolute atomic E-state index is 0.403. The standard InChI is InChI=1S/C9H9ClN2O2/c10-5-11-4-6-1-2-8-7(3-6)12-9(13)14-8/h1-3,11H,4-5H2,(H,12,13). The van der Waals surface area contributed by atoms with E-state index >= 15 is 0 Å². The average Bonchev–Trinajstić information content (AvgIpc) is 2.54. The lowest BCUT2D eigenvalue weighted by Gasteiger charge is -1.99. The zero-order chi connectivity index (χ0) is 9.97. The molecular weight excluding hydrogens is 204 g/mol. The summed E-state index contributed by atoms with van der Waals surface area (Å²) in [6, 6.07) is 5.91. The van der Waals surface area contributed by atoms with Crippen molar-refractivity contribution < 1.29 is 4.42 Å². The SMILES string of the molecule is O=c1[nH]c2cc(CNCCl)ccc2o1. The molecule has 0 aliphatic heterocycles. The summed E-state index contributed by atoms with van der Waals surface area (Å²) < 4.78 is 4.87. The maximum absolute atomic E-state index is 10.9. The second-order valence-corrected chi connectivity index (χ2v) is 3.17. The van der Waals surface area contributed by atoms with Gasteiger partial charge in [0.25, 0.3) is 0 Å². The normalized spacial score (nSPS) is 10.9. The molecule has 14 heavy (non-hydrogen) atoms. The molecule has 5 heteroatoms. The highest BCUT2D eigenvalue weighted by molar-refractivity contribution is 6.17. The Bertz CT molecular complexity index is 489. The molecule has 0 amide bonds. The van der Waals surface area contributed by atoms with Gasteiger partial charge in [0.1, 0.15) is 0 Å². The third-order valence-electron chi connectivity index (χ3n) is 1.91. The summed E-state index contributed by atoms with van der Waals surface area (Å²) in [6.07, 6.45) is 0. The number of rotatable bonds is 3. The van der Waals surface area contributed by atoms with Gasteiger partial charge in [-0.15, -0.1) is 11.6 Å². The van der Waals surface area contributed by atoms with Crippen LogP contribution in [0.2, 0.25) is 0 Å². The second kappa shape index (κ2) is 3.86. The molecule has 0 bridgehead atoms. The number of fused-ring (bicyclic) bond motifs is 1. The lowest BCUT2D eigenvalue weighted by molar-refractivity contribution is 0.555. The lowest BCUT2D eigenvalue weighted by Crippen LogP contribution is -2.09. The van der Waals surface area contributed by atoms with Crippen LogP contribution in [0.25, 0.3) is 11.1 Å². The number of H-pyrrole nitrogens is 1. The van der Waals surface area contributed by atoms with E-state index in [1.54, 1.807) is 6.07 Å². The van der Waals surface area contributed by atoms with Crippen molar-refractivity contribution in [3.05, 3.63) is 34.3 Å². The van der Waals surface area contributed by atoms with Crippen LogP contribution in [0.3, 0.4) is 0 Å². The number of hydrogen-bond acceptors (Lipinski definition) is 3. The van der Waals surface area contributed by atoms with Gasteiger partial charge in [0.2, 0.25) is 0 Å². The molecule has 1 aromatic heterocycles. The van der Waals surface area contributed by atoms with Crippen LogP contribution in [0.15, 0.2) is 27.4 Å². The molecule has 74 valence electrons. The van der Waals surface area contributed by atoms with E-state index in [4.69, 9.17) is 16.0 Å². The Morgan fingerprint density at radius 2 is 2.36 bits per heavy atom. The quantitative estimate of drug-likeness (QED) is 0.598. The number of halogens is 1. The van der Waals surface area contributed by atoms with E-state index in [0.29, 0.717) is 23.6 Å². The Labute approximate surface area is 84.9 Å². The van der Waals surface area contributed by atoms with Gasteiger partial charge in [0.15, 0.2) is 5.58 Å². The first-order valence-corrected chi connectivity index (χ1v) is 4.71. The van der Waals surface area contributed by atoms with E-state index in [-0.39, 0.29) is 0 Å². The van der Waals surface area contributed by atoms with Gasteiger partial charge in [-0.2, -0.15) is 0 Å². The van der Waals surface area contributed by atoms with E-state index in [9.17, 15) is 4.79 Å². The van der Waals surface area contributed by atoms with E-state index in [0.717, 1.165) is 5.56 Å². The summed E-state index contributed by atoms with van der Waals surface area (Å²) in [7, 11) is 0. The molecule has 0 atom stereocenters. The van der Waals surface area contributed by atoms with Crippen LogP contribution in [-0.4, -0.2) is 11.0 Å². The smallest absolute Gasteiger partial charge is 0.408 e. The molecule has 1 heterocycles. The number of aromatic amines is 1. The maximum atomic E-state index is 10.9. The summed E-state index contributed by atoms with van der Waals surface area (Å²) in [5, 5.41) is 2.98. The van der Waals surface area contributed by atoms with Gasteiger partial charge in [0, 0.05) is 6.54 Å². The Morgan fingerprint density at radius 1 is 1.50 bits per heavy atom. The lowest BCUT2D eigenvalue weighted by atomic mass is 10.2. The zero-order valence-electron chi connectivity index (χ0n) is 7.34. The van der Waals surface area contributed by atoms with Crippen molar-refractivity contribution in [2.75, 3.05) is 6.00 Å². The first-order chi connectivity index (χ1) is 6.79. The van der Waals surface area contributed by atoms with Crippen LogP contribution < -0.4 is 11.1 Å². The molecule has 0 saturated carbocycles. The predicted molar refractivity (Wildman–Crippen MR) is 54.4 cm³/mol. The molecule has 0 aliphatic rings. The topological polar surface area (TPSA) is 58.0 Å². The third kappa shape index (κ3) is 1.81. The number of oxazole rings is 1. The summed E-state index contributed by atoms with van der Waals surface area (Å²) >= 11 is 5.49. The van der Waals surface area contributed by atoms with Crippen molar-refractivity contribution in [3.8, 4) is 0 Å². The van der Waals surface area contributed by atoms with Crippen LogP contribution >= 0.6 is 11.6 Å². The van der Waals surface area contributed by atoms with Gasteiger partial charge in [-0.1, -0.05) is 6.07 Å². The fourth-order valence-electron chi connectivity index (χ4n) is 1.30. The van der Waals surface area contributed by atoms with E-state index in [2.05, 4.69) is 10.3 Å². The van der Waals surface area contributed by atoms with E-state index < -0.39 is 5.76 Å². The Morgan fingerprint density at radius 3 is 3.14 bits per heavy atom. The molecule has 2 aromatic rings. The van der Waals surface area contributed by atoms with Crippen LogP contribution in [0, 0.1) is 0 Å². The van der Waals surface area contributed by atoms with Crippen LogP contribution in [0.4, 0.5) is 0 Å². The molecule has 4 nitrogen and oxygen atoms in total. The van der Waals surface area contributed by atoms with Crippen molar-refractivity contribution in [2.24, 2.45) is 0 Å². The zero-order valence-corrected chi connectivity index (χ0v) is 8.10. The van der Waals surface area contributed by atoms with Crippen molar-refractivity contribution >= 4 is 22.7 Å². The minimum atomic E-state index is -0.428. The first kappa shape index (κ1) is 9.30. The molecule has 2 N–H and O–H groups in total. The molecule has 0 unspecified atom stereocenters.